The highest BCUT2D eigenvalue weighted by Gasteiger charge is 2.10. The number of nitrogens with one attached hydrogen (secondary N) is 1. The molecule has 0 aliphatic heterocycles. The first-order valence-electron chi connectivity index (χ1n) is 7.17. The molecule has 2 rings (SSSR count). The van der Waals surface area contributed by atoms with Gasteiger partial charge < -0.3 is 10.1 Å². The van der Waals surface area contributed by atoms with Crippen molar-refractivity contribution in [3.8, 4) is 5.75 Å². The molecule has 0 heterocycles. The van der Waals surface area contributed by atoms with Gasteiger partial charge in [-0.3, -0.25) is 0 Å². The molecule has 0 aliphatic carbocycles. The Morgan fingerprint density at radius 2 is 1.95 bits per heavy atom. The van der Waals surface area contributed by atoms with Crippen molar-refractivity contribution in [3.63, 3.8) is 0 Å². The minimum Gasteiger partial charge on any atom is -0.497 e. The molecular formula is C18H23NOS. The number of aryl methyl sites for hydroxylation is 1. The normalized spacial score (nSPS) is 12.1. The Hall–Kier alpha value is -1.45. The van der Waals surface area contributed by atoms with E-state index in [-0.39, 0.29) is 0 Å². The molecule has 0 aromatic heterocycles. The molecule has 0 bridgehead atoms. The average molecular weight is 301 g/mol. The van der Waals surface area contributed by atoms with E-state index in [1.54, 1.807) is 7.11 Å². The zero-order valence-corrected chi connectivity index (χ0v) is 13.7. The summed E-state index contributed by atoms with van der Waals surface area (Å²) in [5.74, 6) is 3.00. The van der Waals surface area contributed by atoms with Crippen LogP contribution < -0.4 is 10.1 Å². The minimum atomic E-state index is 0.343. The summed E-state index contributed by atoms with van der Waals surface area (Å²) >= 11 is 1.95. The van der Waals surface area contributed by atoms with Crippen LogP contribution >= 0.6 is 11.8 Å². The quantitative estimate of drug-likeness (QED) is 0.828. The molecular weight excluding hydrogens is 278 g/mol. The summed E-state index contributed by atoms with van der Waals surface area (Å²) in [4.78, 5) is 0. The molecule has 3 heteroatoms. The van der Waals surface area contributed by atoms with Gasteiger partial charge in [0.05, 0.1) is 7.11 Å². The third-order valence-corrected chi connectivity index (χ3v) is 4.59. The predicted molar refractivity (Wildman–Crippen MR) is 92.1 cm³/mol. The topological polar surface area (TPSA) is 21.3 Å². The number of ether oxygens (including phenoxy) is 1. The van der Waals surface area contributed by atoms with E-state index in [1.165, 1.54) is 16.7 Å². The zero-order chi connectivity index (χ0) is 15.1. The summed E-state index contributed by atoms with van der Waals surface area (Å²) in [6.45, 7) is 2.14. The Morgan fingerprint density at radius 1 is 1.14 bits per heavy atom. The highest BCUT2D eigenvalue weighted by molar-refractivity contribution is 7.98. The van der Waals surface area contributed by atoms with Gasteiger partial charge in [0, 0.05) is 17.5 Å². The molecule has 1 N–H and O–H groups in total. The van der Waals surface area contributed by atoms with Crippen LogP contribution in [-0.2, 0) is 5.75 Å². The van der Waals surface area contributed by atoms with E-state index < -0.39 is 0 Å². The largest absolute Gasteiger partial charge is 0.497 e. The van der Waals surface area contributed by atoms with Crippen molar-refractivity contribution in [1.29, 1.82) is 0 Å². The lowest BCUT2D eigenvalue weighted by molar-refractivity contribution is 0.413. The Kier molecular flexibility index (Phi) is 6.15. The molecule has 2 aromatic rings. The molecule has 0 amide bonds. The van der Waals surface area contributed by atoms with Crippen molar-refractivity contribution >= 4 is 11.8 Å². The molecule has 0 radical (unpaired) electrons. The lowest BCUT2D eigenvalue weighted by Gasteiger charge is -2.17. The van der Waals surface area contributed by atoms with Crippen molar-refractivity contribution in [3.05, 3.63) is 65.2 Å². The van der Waals surface area contributed by atoms with Crippen LogP contribution in [-0.4, -0.2) is 19.9 Å². The minimum absolute atomic E-state index is 0.343. The maximum Gasteiger partial charge on any atom is 0.119 e. The number of rotatable bonds is 7. The van der Waals surface area contributed by atoms with Crippen LogP contribution in [0.3, 0.4) is 0 Å². The number of thioether (sulfide) groups is 1. The Labute approximate surface area is 131 Å². The van der Waals surface area contributed by atoms with E-state index >= 15 is 0 Å². The van der Waals surface area contributed by atoms with E-state index in [1.807, 2.05) is 30.9 Å². The van der Waals surface area contributed by atoms with Crippen LogP contribution in [0.2, 0.25) is 0 Å². The number of hydrogen-bond donors (Lipinski definition) is 1. The van der Waals surface area contributed by atoms with Crippen LogP contribution in [0.1, 0.15) is 22.7 Å². The van der Waals surface area contributed by atoms with E-state index in [0.717, 1.165) is 17.3 Å². The summed E-state index contributed by atoms with van der Waals surface area (Å²) in [5, 5.41) is 3.39. The maximum atomic E-state index is 5.30. The van der Waals surface area contributed by atoms with Crippen molar-refractivity contribution in [2.75, 3.05) is 19.9 Å². The summed E-state index contributed by atoms with van der Waals surface area (Å²) in [7, 11) is 3.72. The molecule has 0 saturated carbocycles. The average Bonchev–Trinajstić information content (AvgIpc) is 2.52. The zero-order valence-electron chi connectivity index (χ0n) is 12.9. The lowest BCUT2D eigenvalue weighted by Crippen LogP contribution is -2.18. The third-order valence-electron chi connectivity index (χ3n) is 3.48. The third kappa shape index (κ3) is 4.80. The summed E-state index contributed by atoms with van der Waals surface area (Å²) in [6.07, 6.45) is 0. The van der Waals surface area contributed by atoms with E-state index in [4.69, 9.17) is 4.74 Å². The van der Waals surface area contributed by atoms with Gasteiger partial charge in [-0.25, -0.2) is 0 Å². The molecule has 2 aromatic carbocycles. The van der Waals surface area contributed by atoms with Gasteiger partial charge in [-0.1, -0.05) is 42.0 Å². The number of hydrogen-bond acceptors (Lipinski definition) is 3. The first kappa shape index (κ1) is 15.9. The van der Waals surface area contributed by atoms with Gasteiger partial charge >= 0.3 is 0 Å². The number of benzene rings is 2. The van der Waals surface area contributed by atoms with Crippen LogP contribution in [0.4, 0.5) is 0 Å². The van der Waals surface area contributed by atoms with Crippen molar-refractivity contribution < 1.29 is 4.74 Å². The molecule has 0 aliphatic rings. The highest BCUT2D eigenvalue weighted by Crippen LogP contribution is 2.24. The van der Waals surface area contributed by atoms with Gasteiger partial charge in [0.25, 0.3) is 0 Å². The fourth-order valence-corrected chi connectivity index (χ4v) is 3.43. The Balaban J connectivity index is 1.93. The van der Waals surface area contributed by atoms with Gasteiger partial charge in [0.1, 0.15) is 5.75 Å². The van der Waals surface area contributed by atoms with Crippen LogP contribution in [0.25, 0.3) is 0 Å². The van der Waals surface area contributed by atoms with E-state index in [0.29, 0.717) is 6.04 Å². The summed E-state index contributed by atoms with van der Waals surface area (Å²) < 4.78 is 5.30. The standard InChI is InChI=1S/C18H23NOS/c1-14-6-4-7-15(10-14)12-21-13-18(19-2)16-8-5-9-17(11-16)20-3/h4-11,18-19H,12-13H2,1-3H3. The van der Waals surface area contributed by atoms with Crippen molar-refractivity contribution in [2.24, 2.45) is 0 Å². The van der Waals surface area contributed by atoms with Crippen LogP contribution in [0.15, 0.2) is 48.5 Å². The Morgan fingerprint density at radius 3 is 2.67 bits per heavy atom. The first-order valence-corrected chi connectivity index (χ1v) is 8.33. The fourth-order valence-electron chi connectivity index (χ4n) is 2.30. The highest BCUT2D eigenvalue weighted by atomic mass is 32.2. The van der Waals surface area contributed by atoms with Crippen LogP contribution in [0.5, 0.6) is 5.75 Å². The first-order chi connectivity index (χ1) is 10.2. The van der Waals surface area contributed by atoms with Gasteiger partial charge in [-0.05, 0) is 37.2 Å². The van der Waals surface area contributed by atoms with Crippen molar-refractivity contribution in [2.45, 2.75) is 18.7 Å². The molecule has 2 nitrogen and oxygen atoms in total. The molecule has 0 spiro atoms. The fraction of sp³-hybridized carbons (Fsp3) is 0.333. The van der Waals surface area contributed by atoms with Crippen molar-refractivity contribution in [1.82, 2.24) is 5.32 Å². The molecule has 1 unspecified atom stereocenters. The smallest absolute Gasteiger partial charge is 0.119 e. The SMILES string of the molecule is CNC(CSCc1cccc(C)c1)c1cccc(OC)c1. The van der Waals surface area contributed by atoms with E-state index in [9.17, 15) is 0 Å². The Bertz CT molecular complexity index is 571. The summed E-state index contributed by atoms with van der Waals surface area (Å²) in [5.41, 5.74) is 3.99. The van der Waals surface area contributed by atoms with Gasteiger partial charge in [-0.15, -0.1) is 0 Å². The van der Waals surface area contributed by atoms with Gasteiger partial charge in [0.15, 0.2) is 0 Å². The van der Waals surface area contributed by atoms with Gasteiger partial charge in [0.2, 0.25) is 0 Å². The van der Waals surface area contributed by atoms with Crippen LogP contribution in [0, 0.1) is 6.92 Å². The monoisotopic (exact) mass is 301 g/mol. The second kappa shape index (κ2) is 8.11. The molecule has 0 saturated heterocycles. The maximum absolute atomic E-state index is 5.30. The molecule has 21 heavy (non-hydrogen) atoms. The number of methoxy groups -OCH3 is 1. The second-order valence-corrected chi connectivity index (χ2v) is 6.15. The molecule has 0 fully saturated rings. The molecule has 112 valence electrons. The predicted octanol–water partition coefficient (Wildman–Crippen LogP) is 4.20. The van der Waals surface area contributed by atoms with E-state index in [2.05, 4.69) is 48.6 Å². The lowest BCUT2D eigenvalue weighted by atomic mass is 10.1. The molecule has 1 atom stereocenters. The van der Waals surface area contributed by atoms with Gasteiger partial charge in [-0.2, -0.15) is 11.8 Å². The second-order valence-electron chi connectivity index (χ2n) is 5.12. The summed E-state index contributed by atoms with van der Waals surface area (Å²) in [6, 6.07) is 17.3.